The van der Waals surface area contributed by atoms with Crippen molar-refractivity contribution in [1.29, 1.82) is 0 Å². The number of halogens is 3. The molecule has 1 fully saturated rings. The first kappa shape index (κ1) is 28.5. The molecular weight excluding hydrogens is 565 g/mol. The summed E-state index contributed by atoms with van der Waals surface area (Å²) in [5, 5.41) is 2.99. The quantitative estimate of drug-likeness (QED) is 0.264. The Morgan fingerprint density at radius 1 is 0.886 bits per heavy atom. The minimum atomic E-state index is -0.688. The van der Waals surface area contributed by atoms with Crippen molar-refractivity contribution in [2.45, 2.75) is 37.8 Å². The van der Waals surface area contributed by atoms with Gasteiger partial charge in [0.05, 0.1) is 30.2 Å². The molecule has 44 heavy (non-hydrogen) atoms. The smallest absolute Gasteiger partial charge is 0.227 e. The van der Waals surface area contributed by atoms with Gasteiger partial charge in [-0.3, -0.25) is 0 Å². The van der Waals surface area contributed by atoms with Crippen LogP contribution in [-0.4, -0.2) is 61.2 Å². The summed E-state index contributed by atoms with van der Waals surface area (Å²) < 4.78 is 51.6. The summed E-state index contributed by atoms with van der Waals surface area (Å²) in [6, 6.07) is 16.8. The lowest BCUT2D eigenvalue weighted by molar-refractivity contribution is 0.249. The van der Waals surface area contributed by atoms with Gasteiger partial charge in [-0.2, -0.15) is 0 Å². The van der Waals surface area contributed by atoms with Crippen LogP contribution in [0.1, 0.15) is 36.4 Å². The average Bonchev–Trinajstić information content (AvgIpc) is 3.46. The summed E-state index contributed by atoms with van der Waals surface area (Å²) in [4.78, 5) is 14.9. The van der Waals surface area contributed by atoms with Gasteiger partial charge in [0.1, 0.15) is 18.1 Å². The van der Waals surface area contributed by atoms with Gasteiger partial charge in [0, 0.05) is 30.4 Å². The topological polar surface area (TPSA) is 56.8 Å². The fourth-order valence-electron chi connectivity index (χ4n) is 6.84. The fourth-order valence-corrected chi connectivity index (χ4v) is 6.84. The van der Waals surface area contributed by atoms with Crippen LogP contribution in [-0.2, 0) is 6.42 Å². The van der Waals surface area contributed by atoms with E-state index in [0.717, 1.165) is 45.0 Å². The number of fused-ring (bicyclic) bond motifs is 2. The molecule has 7 rings (SSSR count). The van der Waals surface area contributed by atoms with Crippen molar-refractivity contribution in [1.82, 2.24) is 14.9 Å². The van der Waals surface area contributed by atoms with Crippen molar-refractivity contribution in [3.63, 3.8) is 0 Å². The second kappa shape index (κ2) is 11.6. The van der Waals surface area contributed by atoms with E-state index in [9.17, 15) is 0 Å². The number of ether oxygens (including phenoxy) is 1. The van der Waals surface area contributed by atoms with Crippen LogP contribution < -0.4 is 19.9 Å². The molecule has 1 saturated heterocycles. The Balaban J connectivity index is 1.14. The van der Waals surface area contributed by atoms with Gasteiger partial charge in [0.15, 0.2) is 17.4 Å². The van der Waals surface area contributed by atoms with E-state index < -0.39 is 11.6 Å². The van der Waals surface area contributed by atoms with Crippen LogP contribution in [0.4, 0.5) is 36.2 Å². The summed E-state index contributed by atoms with van der Waals surface area (Å²) in [6.45, 7) is 2.51. The molecule has 228 valence electrons. The Morgan fingerprint density at radius 3 is 2.50 bits per heavy atom. The predicted molar refractivity (Wildman–Crippen MR) is 166 cm³/mol. The van der Waals surface area contributed by atoms with E-state index in [2.05, 4.69) is 56.2 Å². The van der Waals surface area contributed by atoms with E-state index in [1.807, 2.05) is 12.1 Å². The second-order valence-corrected chi connectivity index (χ2v) is 12.0. The largest absolute Gasteiger partial charge is 0.486 e. The highest BCUT2D eigenvalue weighted by Gasteiger charge is 2.33. The van der Waals surface area contributed by atoms with Crippen LogP contribution in [0, 0.1) is 17.5 Å². The zero-order valence-corrected chi connectivity index (χ0v) is 24.9. The second-order valence-electron chi connectivity index (χ2n) is 12.0. The molecule has 10 heteroatoms. The van der Waals surface area contributed by atoms with Gasteiger partial charge in [0.2, 0.25) is 5.95 Å². The molecule has 0 spiro atoms. The molecule has 3 aliphatic rings. The van der Waals surface area contributed by atoms with E-state index in [1.165, 1.54) is 23.3 Å². The van der Waals surface area contributed by atoms with Crippen LogP contribution >= 0.6 is 0 Å². The van der Waals surface area contributed by atoms with Crippen LogP contribution in [0.25, 0.3) is 11.3 Å². The summed E-state index contributed by atoms with van der Waals surface area (Å²) in [5.74, 6) is -1.37. The Bertz CT molecular complexity index is 1690. The molecule has 2 aliphatic heterocycles. The number of nitrogens with one attached hydrogen (secondary N) is 1. The molecule has 1 N–H and O–H groups in total. The van der Waals surface area contributed by atoms with Gasteiger partial charge in [-0.05, 0) is 81.2 Å². The SMILES string of the molecule is CN(C)C1CCN(c2ccc(Nc3ncc(F)c(-c4cc(F)c5c(c4)N(C4CCc6ccccc64)CCO5)n3)cc2F)CC1. The summed E-state index contributed by atoms with van der Waals surface area (Å²) in [5.41, 5.74) is 4.29. The lowest BCUT2D eigenvalue weighted by atomic mass is 10.0. The minimum absolute atomic E-state index is 0.0533. The number of hydrogen-bond acceptors (Lipinski definition) is 7. The van der Waals surface area contributed by atoms with Crippen molar-refractivity contribution in [2.24, 2.45) is 0 Å². The number of hydrogen-bond donors (Lipinski definition) is 1. The maximum atomic E-state index is 15.5. The Labute approximate surface area is 255 Å². The molecule has 0 radical (unpaired) electrons. The first-order valence-corrected chi connectivity index (χ1v) is 15.2. The molecule has 0 amide bonds. The highest BCUT2D eigenvalue weighted by molar-refractivity contribution is 5.74. The van der Waals surface area contributed by atoms with Gasteiger partial charge >= 0.3 is 0 Å². The molecule has 1 unspecified atom stereocenters. The molecule has 1 atom stereocenters. The number of rotatable bonds is 6. The number of aryl methyl sites for hydroxylation is 1. The molecule has 0 bridgehead atoms. The van der Waals surface area contributed by atoms with Crippen LogP contribution in [0.3, 0.4) is 0 Å². The van der Waals surface area contributed by atoms with E-state index in [0.29, 0.717) is 36.3 Å². The van der Waals surface area contributed by atoms with Gasteiger partial charge in [0.25, 0.3) is 0 Å². The van der Waals surface area contributed by atoms with Crippen molar-refractivity contribution in [3.05, 3.63) is 89.4 Å². The highest BCUT2D eigenvalue weighted by atomic mass is 19.1. The van der Waals surface area contributed by atoms with Crippen LogP contribution in [0.5, 0.6) is 5.75 Å². The van der Waals surface area contributed by atoms with Gasteiger partial charge < -0.3 is 24.8 Å². The highest BCUT2D eigenvalue weighted by Crippen LogP contribution is 2.45. The van der Waals surface area contributed by atoms with Crippen molar-refractivity contribution >= 4 is 23.0 Å². The molecule has 0 saturated carbocycles. The molecule has 1 aliphatic carbocycles. The number of aromatic nitrogens is 2. The van der Waals surface area contributed by atoms with Gasteiger partial charge in [-0.1, -0.05) is 24.3 Å². The predicted octanol–water partition coefficient (Wildman–Crippen LogP) is 6.72. The molecule has 3 heterocycles. The maximum absolute atomic E-state index is 15.5. The zero-order chi connectivity index (χ0) is 30.4. The Morgan fingerprint density at radius 2 is 1.70 bits per heavy atom. The zero-order valence-electron chi connectivity index (χ0n) is 24.9. The van der Waals surface area contributed by atoms with Gasteiger partial charge in [-0.25, -0.2) is 23.1 Å². The Kier molecular flexibility index (Phi) is 7.53. The number of anilines is 4. The van der Waals surface area contributed by atoms with E-state index in [4.69, 9.17) is 4.74 Å². The first-order valence-electron chi connectivity index (χ1n) is 15.2. The number of nitrogens with zero attached hydrogens (tertiary/aromatic N) is 5. The summed E-state index contributed by atoms with van der Waals surface area (Å²) >= 11 is 0. The summed E-state index contributed by atoms with van der Waals surface area (Å²) in [6.07, 6.45) is 4.84. The van der Waals surface area contributed by atoms with Gasteiger partial charge in [-0.15, -0.1) is 0 Å². The van der Waals surface area contributed by atoms with Crippen LogP contribution in [0.2, 0.25) is 0 Å². The minimum Gasteiger partial charge on any atom is -0.486 e. The number of piperidine rings is 1. The molecule has 4 aromatic rings. The third-order valence-corrected chi connectivity index (χ3v) is 9.15. The molecular formula is C34H35F3N6O. The number of benzene rings is 3. The third kappa shape index (κ3) is 5.32. The van der Waals surface area contributed by atoms with Crippen LogP contribution in [0.15, 0.2) is 60.8 Å². The average molecular weight is 601 g/mol. The summed E-state index contributed by atoms with van der Waals surface area (Å²) in [7, 11) is 4.15. The Hall–Kier alpha value is -4.31. The molecule has 7 nitrogen and oxygen atoms in total. The normalized spacial score (nSPS) is 18.3. The maximum Gasteiger partial charge on any atom is 0.227 e. The van der Waals surface area contributed by atoms with Crippen molar-refractivity contribution in [2.75, 3.05) is 55.5 Å². The first-order chi connectivity index (χ1) is 21.4. The fraction of sp³-hybridized carbons (Fsp3) is 0.353. The van der Waals surface area contributed by atoms with E-state index in [1.54, 1.807) is 18.2 Å². The third-order valence-electron chi connectivity index (χ3n) is 9.15. The van der Waals surface area contributed by atoms with Crippen molar-refractivity contribution in [3.8, 4) is 17.0 Å². The molecule has 1 aromatic heterocycles. The lowest BCUT2D eigenvalue weighted by Gasteiger charge is -2.37. The standard InChI is InChI=1S/C34H35F3N6O/c1-41(2)24-11-13-42(14-12-24)30-10-8-23(19-26(30)35)39-34-38-20-28(37)32(40-34)22-17-27(36)33-31(18-22)43(15-16-44-33)29-9-7-21-5-3-4-6-25(21)29/h3-6,8,10,17-20,24,29H,7,9,11-16H2,1-2H3,(H,38,39,40). The van der Waals surface area contributed by atoms with E-state index >= 15 is 13.2 Å². The molecule has 3 aromatic carbocycles. The monoisotopic (exact) mass is 600 g/mol. The van der Waals surface area contributed by atoms with Crippen molar-refractivity contribution < 1.29 is 17.9 Å². The lowest BCUT2D eigenvalue weighted by Crippen LogP contribution is -2.42. The van der Waals surface area contributed by atoms with E-state index in [-0.39, 0.29) is 34.8 Å².